The van der Waals surface area contributed by atoms with Gasteiger partial charge in [-0.05, 0) is 45.0 Å². The highest BCUT2D eigenvalue weighted by molar-refractivity contribution is 5.96. The topological polar surface area (TPSA) is 61.3 Å². The Balaban J connectivity index is 2.48. The molecule has 0 bridgehead atoms. The second kappa shape index (κ2) is 5.91. The lowest BCUT2D eigenvalue weighted by atomic mass is 10.1. The van der Waals surface area contributed by atoms with Crippen LogP contribution in [0.5, 0.6) is 5.75 Å². The molecule has 0 radical (unpaired) electrons. The number of hydrogen-bond donors (Lipinski definition) is 0. The average Bonchev–Trinajstić information content (AvgIpc) is 2.45. The molecule has 0 amide bonds. The maximum Gasteiger partial charge on any atom is 0.339 e. The van der Waals surface area contributed by atoms with E-state index in [1.165, 1.54) is 0 Å². The molecule has 0 spiro atoms. The molecule has 5 nitrogen and oxygen atoms in total. The van der Waals surface area contributed by atoms with Crippen LogP contribution in [0.3, 0.4) is 0 Å². The Bertz CT molecular complexity index is 634. The van der Waals surface area contributed by atoms with Crippen molar-refractivity contribution in [3.63, 3.8) is 0 Å². The van der Waals surface area contributed by atoms with Crippen LogP contribution in [0, 0.1) is 0 Å². The fraction of sp³-hybridized carbons (Fsp3) is 0.312. The summed E-state index contributed by atoms with van der Waals surface area (Å²) in [5, 5.41) is 0. The molecule has 2 aromatic rings. The van der Waals surface area contributed by atoms with E-state index in [-0.39, 0.29) is 0 Å². The van der Waals surface area contributed by atoms with Crippen LogP contribution in [0.1, 0.15) is 31.1 Å². The van der Waals surface area contributed by atoms with Crippen LogP contribution in [0.15, 0.2) is 36.7 Å². The van der Waals surface area contributed by atoms with Gasteiger partial charge in [-0.1, -0.05) is 0 Å². The Labute approximate surface area is 124 Å². The third-order valence-electron chi connectivity index (χ3n) is 2.65. The summed E-state index contributed by atoms with van der Waals surface area (Å²) in [4.78, 5) is 20.7. The molecule has 0 aliphatic rings. The van der Waals surface area contributed by atoms with Gasteiger partial charge in [0.1, 0.15) is 11.4 Å². The number of rotatable bonds is 3. The number of carbonyl (C=O) groups is 1. The molecule has 0 fully saturated rings. The van der Waals surface area contributed by atoms with E-state index < -0.39 is 11.6 Å². The van der Waals surface area contributed by atoms with E-state index >= 15 is 0 Å². The lowest BCUT2D eigenvalue weighted by molar-refractivity contribution is 0.00704. The standard InChI is InChI=1S/C16H18N2O3/c1-16(2,3)21-15(19)12-7-6-11(20-4)10-13(12)14-17-8-5-9-18-14/h5-10H,1-4H3. The third-order valence-corrected chi connectivity index (χ3v) is 2.65. The minimum Gasteiger partial charge on any atom is -0.497 e. The summed E-state index contributed by atoms with van der Waals surface area (Å²) >= 11 is 0. The Hall–Kier alpha value is -2.43. The van der Waals surface area contributed by atoms with Crippen LogP contribution >= 0.6 is 0 Å². The number of ether oxygens (including phenoxy) is 2. The number of nitrogens with zero attached hydrogens (tertiary/aromatic N) is 2. The number of benzene rings is 1. The first-order valence-electron chi connectivity index (χ1n) is 6.59. The fourth-order valence-electron chi connectivity index (χ4n) is 1.78. The summed E-state index contributed by atoms with van der Waals surface area (Å²) in [6, 6.07) is 6.83. The Kier molecular flexibility index (Phi) is 4.21. The van der Waals surface area contributed by atoms with Crippen molar-refractivity contribution in [2.45, 2.75) is 26.4 Å². The molecule has 21 heavy (non-hydrogen) atoms. The van der Waals surface area contributed by atoms with E-state index in [0.717, 1.165) is 0 Å². The summed E-state index contributed by atoms with van der Waals surface area (Å²) in [7, 11) is 1.57. The van der Waals surface area contributed by atoms with Gasteiger partial charge in [-0.3, -0.25) is 0 Å². The molecular weight excluding hydrogens is 268 g/mol. The van der Waals surface area contributed by atoms with Gasteiger partial charge in [0.2, 0.25) is 0 Å². The van der Waals surface area contributed by atoms with E-state index in [1.54, 1.807) is 43.8 Å². The number of aromatic nitrogens is 2. The molecule has 0 aliphatic carbocycles. The minimum atomic E-state index is -0.564. The summed E-state index contributed by atoms with van der Waals surface area (Å²) in [6.07, 6.45) is 3.25. The summed E-state index contributed by atoms with van der Waals surface area (Å²) in [5.41, 5.74) is 0.437. The molecule has 1 heterocycles. The van der Waals surface area contributed by atoms with E-state index in [4.69, 9.17) is 9.47 Å². The van der Waals surface area contributed by atoms with Gasteiger partial charge in [0, 0.05) is 18.0 Å². The summed E-state index contributed by atoms with van der Waals surface area (Å²) in [6.45, 7) is 5.48. The second-order valence-electron chi connectivity index (χ2n) is 5.49. The molecule has 0 saturated carbocycles. The van der Waals surface area contributed by atoms with Crippen LogP contribution in [0.2, 0.25) is 0 Å². The number of carbonyl (C=O) groups excluding carboxylic acids is 1. The molecule has 0 N–H and O–H groups in total. The smallest absolute Gasteiger partial charge is 0.339 e. The first-order chi connectivity index (χ1) is 9.90. The van der Waals surface area contributed by atoms with Crippen LogP contribution < -0.4 is 4.74 Å². The first-order valence-corrected chi connectivity index (χ1v) is 6.59. The van der Waals surface area contributed by atoms with Gasteiger partial charge in [-0.2, -0.15) is 0 Å². The zero-order valence-corrected chi connectivity index (χ0v) is 12.6. The van der Waals surface area contributed by atoms with Crippen LogP contribution in [0.25, 0.3) is 11.4 Å². The molecule has 110 valence electrons. The Morgan fingerprint density at radius 1 is 1.14 bits per heavy atom. The average molecular weight is 286 g/mol. The van der Waals surface area contributed by atoms with Crippen LogP contribution in [-0.4, -0.2) is 28.6 Å². The van der Waals surface area contributed by atoms with Gasteiger partial charge in [0.05, 0.1) is 12.7 Å². The van der Waals surface area contributed by atoms with Gasteiger partial charge >= 0.3 is 5.97 Å². The maximum atomic E-state index is 12.3. The van der Waals surface area contributed by atoms with Gasteiger partial charge in [-0.25, -0.2) is 14.8 Å². The van der Waals surface area contributed by atoms with Crippen molar-refractivity contribution in [1.82, 2.24) is 9.97 Å². The van der Waals surface area contributed by atoms with Crippen molar-refractivity contribution in [2.24, 2.45) is 0 Å². The van der Waals surface area contributed by atoms with Gasteiger partial charge in [0.25, 0.3) is 0 Å². The van der Waals surface area contributed by atoms with Crippen molar-refractivity contribution in [2.75, 3.05) is 7.11 Å². The zero-order valence-electron chi connectivity index (χ0n) is 12.6. The highest BCUT2D eigenvalue weighted by Gasteiger charge is 2.22. The Morgan fingerprint density at radius 3 is 2.38 bits per heavy atom. The third kappa shape index (κ3) is 3.78. The molecule has 1 aromatic heterocycles. The molecule has 2 rings (SSSR count). The van der Waals surface area contributed by atoms with E-state index in [9.17, 15) is 4.79 Å². The maximum absolute atomic E-state index is 12.3. The normalized spacial score (nSPS) is 11.0. The highest BCUT2D eigenvalue weighted by atomic mass is 16.6. The molecular formula is C16H18N2O3. The summed E-state index contributed by atoms with van der Waals surface area (Å²) < 4.78 is 10.6. The van der Waals surface area contributed by atoms with E-state index in [0.29, 0.717) is 22.7 Å². The number of hydrogen-bond acceptors (Lipinski definition) is 5. The Morgan fingerprint density at radius 2 is 1.81 bits per heavy atom. The van der Waals surface area contributed by atoms with Crippen molar-refractivity contribution >= 4 is 5.97 Å². The van der Waals surface area contributed by atoms with Crippen molar-refractivity contribution in [3.8, 4) is 17.1 Å². The van der Waals surface area contributed by atoms with E-state index in [2.05, 4.69) is 9.97 Å². The van der Waals surface area contributed by atoms with Crippen molar-refractivity contribution in [3.05, 3.63) is 42.2 Å². The molecule has 5 heteroatoms. The first kappa shape index (κ1) is 15.0. The SMILES string of the molecule is COc1ccc(C(=O)OC(C)(C)C)c(-c2ncccn2)c1. The largest absolute Gasteiger partial charge is 0.497 e. The zero-order chi connectivity index (χ0) is 15.5. The lowest BCUT2D eigenvalue weighted by Crippen LogP contribution is -2.24. The summed E-state index contributed by atoms with van der Waals surface area (Å²) in [5.74, 6) is 0.676. The van der Waals surface area contributed by atoms with Gasteiger partial charge < -0.3 is 9.47 Å². The predicted molar refractivity (Wildman–Crippen MR) is 79.2 cm³/mol. The fourth-order valence-corrected chi connectivity index (χ4v) is 1.78. The number of methoxy groups -OCH3 is 1. The molecule has 0 aliphatic heterocycles. The molecule has 0 unspecified atom stereocenters. The molecule has 0 atom stereocenters. The molecule has 1 aromatic carbocycles. The van der Waals surface area contributed by atoms with Crippen LogP contribution in [0.4, 0.5) is 0 Å². The van der Waals surface area contributed by atoms with Gasteiger partial charge in [-0.15, -0.1) is 0 Å². The quantitative estimate of drug-likeness (QED) is 0.811. The van der Waals surface area contributed by atoms with Crippen LogP contribution in [-0.2, 0) is 4.74 Å². The highest BCUT2D eigenvalue weighted by Crippen LogP contribution is 2.27. The van der Waals surface area contributed by atoms with Crippen molar-refractivity contribution < 1.29 is 14.3 Å². The number of esters is 1. The predicted octanol–water partition coefficient (Wildman–Crippen LogP) is 3.11. The lowest BCUT2D eigenvalue weighted by Gasteiger charge is -2.20. The van der Waals surface area contributed by atoms with Crippen molar-refractivity contribution in [1.29, 1.82) is 0 Å². The minimum absolute atomic E-state index is 0.410. The van der Waals surface area contributed by atoms with Gasteiger partial charge in [0.15, 0.2) is 5.82 Å². The monoisotopic (exact) mass is 286 g/mol. The molecule has 0 saturated heterocycles. The second-order valence-corrected chi connectivity index (χ2v) is 5.49. The van der Waals surface area contributed by atoms with E-state index in [1.807, 2.05) is 20.8 Å².